The highest BCUT2D eigenvalue weighted by atomic mass is 32.2. The van der Waals surface area contributed by atoms with Crippen molar-refractivity contribution in [3.05, 3.63) is 27.8 Å². The van der Waals surface area contributed by atoms with Crippen molar-refractivity contribution in [3.8, 4) is 0 Å². The number of anilines is 1. The molecule has 208 valence electrons. The smallest absolute Gasteiger partial charge is 0.365 e. The van der Waals surface area contributed by atoms with Crippen LogP contribution in [0.1, 0.15) is 44.1 Å². The molecule has 13 nitrogen and oxygen atoms in total. The second kappa shape index (κ2) is 9.97. The Balaban J connectivity index is 1.76. The number of hydrogen-bond acceptors (Lipinski definition) is 9. The number of carbonyl (C=O) groups excluding carboxylic acids is 1. The summed E-state index contributed by atoms with van der Waals surface area (Å²) in [7, 11) is -7.65. The summed E-state index contributed by atoms with van der Waals surface area (Å²) in [6, 6.07) is 0.810. The quantitative estimate of drug-likeness (QED) is 0.178. The molecular weight excluding hydrogens is 547 g/mol. The van der Waals surface area contributed by atoms with Gasteiger partial charge in [0.15, 0.2) is 0 Å². The zero-order chi connectivity index (χ0) is 27.9. The number of benzene rings is 1. The number of quaternary nitrogens is 1. The Bertz CT molecular complexity index is 1290. The third-order valence-corrected chi connectivity index (χ3v) is 9.11. The number of sulfonamides is 2. The Morgan fingerprint density at radius 1 is 1.24 bits per heavy atom. The van der Waals surface area contributed by atoms with E-state index in [4.69, 9.17) is 5.14 Å². The lowest BCUT2D eigenvalue weighted by atomic mass is 9.94. The van der Waals surface area contributed by atoms with Gasteiger partial charge in [-0.15, -0.1) is 10.1 Å². The van der Waals surface area contributed by atoms with Crippen LogP contribution < -0.4 is 15.2 Å². The molecule has 3 rings (SSSR count). The van der Waals surface area contributed by atoms with Gasteiger partial charge < -0.3 is 10.2 Å². The number of rotatable bonds is 8. The predicted molar refractivity (Wildman–Crippen MR) is 121 cm³/mol. The second-order valence-corrected chi connectivity index (χ2v) is 12.5. The van der Waals surface area contributed by atoms with Gasteiger partial charge in [0, 0.05) is 12.8 Å². The van der Waals surface area contributed by atoms with Crippen molar-refractivity contribution in [2.24, 2.45) is 5.14 Å². The van der Waals surface area contributed by atoms with Gasteiger partial charge >= 0.3 is 12.1 Å². The zero-order valence-electron chi connectivity index (χ0n) is 19.7. The summed E-state index contributed by atoms with van der Waals surface area (Å²) < 4.78 is 92.6. The Morgan fingerprint density at radius 2 is 1.86 bits per heavy atom. The summed E-state index contributed by atoms with van der Waals surface area (Å²) >= 11 is 0. The first-order valence-electron chi connectivity index (χ1n) is 11.1. The van der Waals surface area contributed by atoms with Crippen molar-refractivity contribution < 1.29 is 49.2 Å². The van der Waals surface area contributed by atoms with Crippen LogP contribution in [-0.4, -0.2) is 64.7 Å². The maximum atomic E-state index is 13.6. The highest BCUT2D eigenvalue weighted by molar-refractivity contribution is 7.90. The van der Waals surface area contributed by atoms with Gasteiger partial charge in [-0.2, -0.15) is 17.9 Å². The molecule has 2 aliphatic heterocycles. The third kappa shape index (κ3) is 6.49. The molecule has 1 fully saturated rings. The van der Waals surface area contributed by atoms with Crippen LogP contribution in [0.15, 0.2) is 21.9 Å². The van der Waals surface area contributed by atoms with E-state index in [-0.39, 0.29) is 49.3 Å². The van der Waals surface area contributed by atoms with E-state index in [0.717, 1.165) is 0 Å². The van der Waals surface area contributed by atoms with Gasteiger partial charge in [0.2, 0.25) is 20.0 Å². The van der Waals surface area contributed by atoms with E-state index in [0.29, 0.717) is 31.4 Å². The molecule has 0 aromatic heterocycles. The summed E-state index contributed by atoms with van der Waals surface area (Å²) in [4.78, 5) is 25.1. The number of halogens is 3. The van der Waals surface area contributed by atoms with E-state index >= 15 is 0 Å². The Kier molecular flexibility index (Phi) is 7.82. The topological polar surface area (TPSA) is 188 Å². The van der Waals surface area contributed by atoms with Crippen LogP contribution in [0.25, 0.3) is 0 Å². The molecule has 0 bridgehead atoms. The lowest BCUT2D eigenvalue weighted by Crippen LogP contribution is -2.66. The predicted octanol–water partition coefficient (Wildman–Crippen LogP) is 1.29. The molecule has 37 heavy (non-hydrogen) atoms. The van der Waals surface area contributed by atoms with Gasteiger partial charge in [-0.05, 0) is 25.0 Å². The van der Waals surface area contributed by atoms with Gasteiger partial charge in [-0.3, -0.25) is 4.48 Å². The summed E-state index contributed by atoms with van der Waals surface area (Å²) in [5, 5.41) is 17.0. The molecule has 1 amide bonds. The number of hydrogen-bond donors (Lipinski definition) is 3. The summed E-state index contributed by atoms with van der Waals surface area (Å²) in [6.07, 6.45) is -3.40. The fourth-order valence-corrected chi connectivity index (χ4v) is 6.88. The highest BCUT2D eigenvalue weighted by Crippen LogP contribution is 2.42. The highest BCUT2D eigenvalue weighted by Gasteiger charge is 2.50. The van der Waals surface area contributed by atoms with E-state index in [1.165, 1.54) is 0 Å². The average Bonchev–Trinajstić information content (AvgIpc) is 2.75. The molecule has 4 N–H and O–H groups in total. The van der Waals surface area contributed by atoms with Gasteiger partial charge in [0.1, 0.15) is 10.6 Å². The molecule has 2 heterocycles. The molecule has 1 aromatic carbocycles. The van der Waals surface area contributed by atoms with Gasteiger partial charge in [0.25, 0.3) is 5.09 Å². The fraction of sp³-hybridized carbons (Fsp3) is 0.632. The van der Waals surface area contributed by atoms with Crippen LogP contribution in [0.3, 0.4) is 0 Å². The number of nitrogens with two attached hydrogens (primary N) is 1. The zero-order valence-corrected chi connectivity index (χ0v) is 21.3. The van der Waals surface area contributed by atoms with Crippen LogP contribution in [0.5, 0.6) is 0 Å². The SMILES string of the molecule is C[N+]1(C(=O)CCCCCO[N+](=O)[O-])CCC2(CC1)Nc1cc(C(F)(F)F)c(S(N)(=O)=O)cc1S(=O)(=O)N2. The summed E-state index contributed by atoms with van der Waals surface area (Å²) in [6.45, 7) is 0.281. The minimum Gasteiger partial charge on any atom is -0.365 e. The second-order valence-electron chi connectivity index (χ2n) is 9.30. The van der Waals surface area contributed by atoms with Crippen molar-refractivity contribution in [2.45, 2.75) is 60.2 Å². The first-order valence-corrected chi connectivity index (χ1v) is 14.2. The molecule has 1 saturated heterocycles. The van der Waals surface area contributed by atoms with E-state index in [1.807, 2.05) is 0 Å². The number of alkyl halides is 3. The normalized spacial score (nSPS) is 25.2. The number of amides is 1. The van der Waals surface area contributed by atoms with Crippen LogP contribution >= 0.6 is 0 Å². The number of primary sulfonamides is 1. The van der Waals surface area contributed by atoms with Crippen LogP contribution in [-0.2, 0) is 35.9 Å². The molecule has 0 atom stereocenters. The summed E-state index contributed by atoms with van der Waals surface area (Å²) in [5.74, 6) is -0.124. The summed E-state index contributed by atoms with van der Waals surface area (Å²) in [5.41, 5.74) is -3.39. The van der Waals surface area contributed by atoms with Crippen LogP contribution in [0, 0.1) is 10.1 Å². The Morgan fingerprint density at radius 3 is 2.41 bits per heavy atom. The van der Waals surface area contributed by atoms with Crippen molar-refractivity contribution in [1.82, 2.24) is 4.72 Å². The molecule has 0 saturated carbocycles. The number of unbranched alkanes of at least 4 members (excludes halogenated alkanes) is 2. The number of fused-ring (bicyclic) bond motifs is 1. The van der Waals surface area contributed by atoms with Gasteiger partial charge in [-0.1, -0.05) is 6.42 Å². The number of nitrogens with one attached hydrogen (secondary N) is 2. The van der Waals surface area contributed by atoms with Crippen molar-refractivity contribution in [3.63, 3.8) is 0 Å². The molecule has 18 heteroatoms. The first kappa shape index (κ1) is 29.0. The number of likely N-dealkylation sites (tertiary alicyclic amines) is 1. The largest absolute Gasteiger partial charge is 0.417 e. The van der Waals surface area contributed by atoms with Crippen molar-refractivity contribution >= 4 is 31.6 Å². The number of carbonyl (C=O) groups is 1. The van der Waals surface area contributed by atoms with Crippen LogP contribution in [0.4, 0.5) is 18.9 Å². The minimum atomic E-state index is -5.12. The standard InChI is InChI=1S/C19H27F3N5O8S2/c1-27(17(28)5-3-2-4-10-35-26(29)30)8-6-18(7-9-27)24-14-11-13(19(20,21)22)15(36(23,31)32)12-16(14)37(33,34)25-18/h11-12,24-25H,2-10H2,1H3,(H2,23,31,32)/q+1. The van der Waals surface area contributed by atoms with E-state index in [1.54, 1.807) is 7.05 Å². The fourth-order valence-electron chi connectivity index (χ4n) is 4.49. The van der Waals surface area contributed by atoms with Crippen molar-refractivity contribution in [1.29, 1.82) is 0 Å². The van der Waals surface area contributed by atoms with Gasteiger partial charge in [-0.25, -0.2) is 26.8 Å². The average molecular weight is 575 g/mol. The van der Waals surface area contributed by atoms with E-state index in [2.05, 4.69) is 14.9 Å². The molecular formula is C19H27F3N5O8S2+. The minimum absolute atomic E-state index is 0.0262. The van der Waals surface area contributed by atoms with E-state index in [9.17, 15) is 44.9 Å². The van der Waals surface area contributed by atoms with Gasteiger partial charge in [0.05, 0.1) is 49.3 Å². The first-order chi connectivity index (χ1) is 16.9. The molecule has 0 unspecified atom stereocenters. The molecule has 1 spiro atoms. The number of piperidine rings is 1. The Labute approximate surface area is 210 Å². The molecule has 0 aliphatic carbocycles. The molecule has 0 radical (unpaired) electrons. The lowest BCUT2D eigenvalue weighted by Gasteiger charge is -2.47. The Hall–Kier alpha value is -2.54. The monoisotopic (exact) mass is 574 g/mol. The maximum Gasteiger partial charge on any atom is 0.417 e. The van der Waals surface area contributed by atoms with Crippen LogP contribution in [0.2, 0.25) is 0 Å². The molecule has 1 aromatic rings. The van der Waals surface area contributed by atoms with Crippen molar-refractivity contribution in [2.75, 3.05) is 32.1 Å². The van der Waals surface area contributed by atoms with E-state index < -0.39 is 58.0 Å². The lowest BCUT2D eigenvalue weighted by molar-refractivity contribution is -0.841. The number of nitrogens with zero attached hydrogens (tertiary/aromatic N) is 2. The molecule has 2 aliphatic rings. The third-order valence-electron chi connectivity index (χ3n) is 6.58. The maximum absolute atomic E-state index is 13.6.